The minimum atomic E-state index is -0.487. The first kappa shape index (κ1) is 22.8. The van der Waals surface area contributed by atoms with Crippen LogP contribution in [0, 0.1) is 6.92 Å². The highest BCUT2D eigenvalue weighted by Gasteiger charge is 2.15. The van der Waals surface area contributed by atoms with Gasteiger partial charge in [0.05, 0.1) is 33.1 Å². The van der Waals surface area contributed by atoms with Crippen molar-refractivity contribution < 1.29 is 23.8 Å². The van der Waals surface area contributed by atoms with Crippen LogP contribution < -0.4 is 25.1 Å². The van der Waals surface area contributed by atoms with Gasteiger partial charge in [-0.25, -0.2) is 4.98 Å². The highest BCUT2D eigenvalue weighted by Crippen LogP contribution is 2.38. The number of amides is 2. The Kier molecular flexibility index (Phi) is 6.66. The second-order valence-electron chi connectivity index (χ2n) is 7.44. The number of nitrogens with one attached hydrogen (secondary N) is 2. The Hall–Kier alpha value is -3.37. The lowest BCUT2D eigenvalue weighted by molar-refractivity contribution is -0.123. The maximum atomic E-state index is 12.4. The summed E-state index contributed by atoms with van der Waals surface area (Å²) >= 11 is 3.16. The summed E-state index contributed by atoms with van der Waals surface area (Å²) in [4.78, 5) is 29.3. The molecule has 172 valence electrons. The first-order valence-electron chi connectivity index (χ1n) is 10.2. The predicted octanol–water partition coefficient (Wildman–Crippen LogP) is 4.46. The van der Waals surface area contributed by atoms with E-state index < -0.39 is 11.8 Å². The van der Waals surface area contributed by atoms with Gasteiger partial charge in [0.1, 0.15) is 5.75 Å². The molecule has 0 unspecified atom stereocenters. The van der Waals surface area contributed by atoms with Crippen molar-refractivity contribution >= 4 is 54.8 Å². The molecular weight excluding hydrogens is 462 g/mol. The maximum Gasteiger partial charge on any atom is 0.276 e. The number of thiophene rings is 1. The summed E-state index contributed by atoms with van der Waals surface area (Å²) in [6.45, 7) is 5.51. The molecule has 10 heteroatoms. The number of carbonyl (C=O) groups excluding carboxylic acids is 2. The van der Waals surface area contributed by atoms with Crippen molar-refractivity contribution in [2.24, 2.45) is 0 Å². The first-order chi connectivity index (χ1) is 15.9. The number of carbonyl (C=O) groups is 2. The molecule has 0 spiro atoms. The monoisotopic (exact) mass is 485 g/mol. The van der Waals surface area contributed by atoms with Gasteiger partial charge >= 0.3 is 0 Å². The Balaban J connectivity index is 1.38. The van der Waals surface area contributed by atoms with E-state index in [1.807, 2.05) is 38.3 Å². The summed E-state index contributed by atoms with van der Waals surface area (Å²) in [6, 6.07) is 8.65. The average molecular weight is 486 g/mol. The second-order valence-corrected chi connectivity index (χ2v) is 9.59. The Morgan fingerprint density at radius 2 is 1.91 bits per heavy atom. The van der Waals surface area contributed by atoms with Crippen molar-refractivity contribution in [3.8, 4) is 17.2 Å². The molecule has 0 aliphatic rings. The molecule has 0 fully saturated rings. The normalized spacial score (nSPS) is 11.1. The molecule has 0 atom stereocenters. The van der Waals surface area contributed by atoms with E-state index in [4.69, 9.17) is 14.2 Å². The van der Waals surface area contributed by atoms with Gasteiger partial charge in [0, 0.05) is 17.0 Å². The van der Waals surface area contributed by atoms with Crippen molar-refractivity contribution in [2.75, 3.05) is 13.7 Å². The van der Waals surface area contributed by atoms with E-state index in [2.05, 4.69) is 15.8 Å². The first-order valence-corrected chi connectivity index (χ1v) is 11.9. The third kappa shape index (κ3) is 5.01. The maximum absolute atomic E-state index is 12.4. The lowest BCUT2D eigenvalue weighted by Gasteiger charge is -2.14. The van der Waals surface area contributed by atoms with Crippen molar-refractivity contribution in [3.63, 3.8) is 0 Å². The molecule has 0 aliphatic heterocycles. The number of thiazole rings is 1. The van der Waals surface area contributed by atoms with Gasteiger partial charge in [-0.1, -0.05) is 0 Å². The van der Waals surface area contributed by atoms with Gasteiger partial charge in [0.15, 0.2) is 18.1 Å². The van der Waals surface area contributed by atoms with Gasteiger partial charge in [0.2, 0.25) is 0 Å². The van der Waals surface area contributed by atoms with E-state index in [-0.39, 0.29) is 12.7 Å². The van der Waals surface area contributed by atoms with Crippen molar-refractivity contribution in [3.05, 3.63) is 46.3 Å². The van der Waals surface area contributed by atoms with Crippen LogP contribution >= 0.6 is 22.7 Å². The zero-order valence-electron chi connectivity index (χ0n) is 18.6. The number of nitrogens with zero attached hydrogens (tertiary/aromatic N) is 1. The molecule has 2 heterocycles. The van der Waals surface area contributed by atoms with Crippen LogP contribution in [0.2, 0.25) is 0 Å². The third-order valence-corrected chi connectivity index (χ3v) is 6.47. The fourth-order valence-corrected chi connectivity index (χ4v) is 5.08. The van der Waals surface area contributed by atoms with Crippen LogP contribution in [0.1, 0.15) is 29.2 Å². The number of rotatable bonds is 7. The zero-order chi connectivity index (χ0) is 23.5. The van der Waals surface area contributed by atoms with E-state index in [0.29, 0.717) is 22.8 Å². The number of aryl methyl sites for hydroxylation is 1. The van der Waals surface area contributed by atoms with Crippen molar-refractivity contribution in [1.29, 1.82) is 0 Å². The van der Waals surface area contributed by atoms with Crippen molar-refractivity contribution in [2.45, 2.75) is 26.9 Å². The molecule has 0 saturated heterocycles. The van der Waals surface area contributed by atoms with Crippen LogP contribution in [0.4, 0.5) is 0 Å². The number of methoxy groups -OCH3 is 1. The van der Waals surface area contributed by atoms with Crippen LogP contribution in [-0.4, -0.2) is 36.6 Å². The van der Waals surface area contributed by atoms with E-state index in [9.17, 15) is 9.59 Å². The average Bonchev–Trinajstić information content (AvgIpc) is 3.41. The van der Waals surface area contributed by atoms with Gasteiger partial charge < -0.3 is 14.2 Å². The van der Waals surface area contributed by atoms with Crippen molar-refractivity contribution in [1.82, 2.24) is 15.8 Å². The summed E-state index contributed by atoms with van der Waals surface area (Å²) in [6.07, 6.45) is -0.0333. The minimum absolute atomic E-state index is 0.0333. The highest BCUT2D eigenvalue weighted by atomic mass is 32.1. The Morgan fingerprint density at radius 1 is 1.09 bits per heavy atom. The second kappa shape index (κ2) is 9.63. The molecule has 2 aromatic heterocycles. The number of hydrazine groups is 1. The van der Waals surface area contributed by atoms with Crippen LogP contribution in [0.5, 0.6) is 17.2 Å². The summed E-state index contributed by atoms with van der Waals surface area (Å²) in [5, 5.41) is 3.85. The summed E-state index contributed by atoms with van der Waals surface area (Å²) in [7, 11) is 1.50. The zero-order valence-corrected chi connectivity index (χ0v) is 20.2. The highest BCUT2D eigenvalue weighted by molar-refractivity contribution is 7.21. The fraction of sp³-hybridized carbons (Fsp3) is 0.261. The van der Waals surface area contributed by atoms with Crippen LogP contribution in [0.3, 0.4) is 0 Å². The molecule has 8 nitrogen and oxygen atoms in total. The molecule has 0 radical (unpaired) electrons. The largest absolute Gasteiger partial charge is 0.493 e. The molecule has 33 heavy (non-hydrogen) atoms. The molecule has 0 bridgehead atoms. The SMILES string of the molecule is COc1cc(C(=O)NNC(=O)COc2cc3sc(C)nc3c3sccc23)ccc1OC(C)C. The molecule has 2 aromatic carbocycles. The summed E-state index contributed by atoms with van der Waals surface area (Å²) in [5.41, 5.74) is 6.03. The standard InChI is InChI=1S/C23H23N3O5S2/c1-12(2)31-16-6-5-14(9-18(16)29-4)23(28)26-25-20(27)11-30-17-10-19-21(24-13(3)33-19)22-15(17)7-8-32-22/h5-10,12H,11H2,1-4H3,(H,25,27)(H,26,28). The Morgan fingerprint density at radius 3 is 2.67 bits per heavy atom. The number of fused-ring (bicyclic) bond motifs is 3. The lowest BCUT2D eigenvalue weighted by Crippen LogP contribution is -2.43. The molecular formula is C23H23N3O5S2. The van der Waals surface area contributed by atoms with E-state index in [1.165, 1.54) is 7.11 Å². The van der Waals surface area contributed by atoms with Gasteiger partial charge in [-0.3, -0.25) is 20.4 Å². The molecule has 0 saturated carbocycles. The van der Waals surface area contributed by atoms with Gasteiger partial charge in [0.25, 0.3) is 11.8 Å². The number of hydrogen-bond donors (Lipinski definition) is 2. The molecule has 4 aromatic rings. The predicted molar refractivity (Wildman–Crippen MR) is 130 cm³/mol. The van der Waals surface area contributed by atoms with Crippen LogP contribution in [-0.2, 0) is 4.79 Å². The molecule has 2 N–H and O–H groups in total. The van der Waals surface area contributed by atoms with Gasteiger partial charge in [-0.2, -0.15) is 0 Å². The third-order valence-electron chi connectivity index (χ3n) is 4.63. The Bertz CT molecular complexity index is 1330. The van der Waals surface area contributed by atoms with Crippen LogP contribution in [0.15, 0.2) is 35.7 Å². The van der Waals surface area contributed by atoms with Gasteiger partial charge in [-0.05, 0) is 50.4 Å². The molecule has 0 aliphatic carbocycles. The number of benzene rings is 2. The van der Waals surface area contributed by atoms with E-state index >= 15 is 0 Å². The number of hydrogen-bond acceptors (Lipinski definition) is 8. The quantitative estimate of drug-likeness (QED) is 0.375. The smallest absolute Gasteiger partial charge is 0.276 e. The number of ether oxygens (including phenoxy) is 3. The molecule has 2 amide bonds. The van der Waals surface area contributed by atoms with E-state index in [0.717, 1.165) is 25.3 Å². The van der Waals surface area contributed by atoms with Gasteiger partial charge in [-0.15, -0.1) is 22.7 Å². The topological polar surface area (TPSA) is 98.8 Å². The lowest BCUT2D eigenvalue weighted by atomic mass is 10.2. The summed E-state index contributed by atoms with van der Waals surface area (Å²) in [5.74, 6) is 0.599. The summed E-state index contributed by atoms with van der Waals surface area (Å²) < 4.78 is 18.7. The van der Waals surface area contributed by atoms with Crippen LogP contribution in [0.25, 0.3) is 20.3 Å². The fourth-order valence-electron chi connectivity index (χ4n) is 3.24. The molecule has 4 rings (SSSR count). The minimum Gasteiger partial charge on any atom is -0.493 e. The number of aromatic nitrogens is 1. The van der Waals surface area contributed by atoms with E-state index in [1.54, 1.807) is 40.9 Å². The Labute approximate surface area is 198 Å².